The Balaban J connectivity index is 1.70. The molecule has 0 spiro atoms. The molecule has 0 unspecified atom stereocenters. The van der Waals surface area contributed by atoms with Gasteiger partial charge in [-0.15, -0.1) is 0 Å². The molecule has 1 aliphatic rings. The van der Waals surface area contributed by atoms with E-state index in [-0.39, 0.29) is 11.7 Å². The van der Waals surface area contributed by atoms with Gasteiger partial charge in [-0.3, -0.25) is 4.79 Å². The van der Waals surface area contributed by atoms with E-state index in [4.69, 9.17) is 4.74 Å². The summed E-state index contributed by atoms with van der Waals surface area (Å²) in [5, 5.41) is 0. The number of carbonyl (C=O) groups is 1. The van der Waals surface area contributed by atoms with Crippen LogP contribution < -0.4 is 4.74 Å². The largest absolute Gasteiger partial charge is 0.474 e. The number of aromatic nitrogens is 2. The molecule has 1 amide bonds. The summed E-state index contributed by atoms with van der Waals surface area (Å²) >= 11 is 0. The molecule has 0 N–H and O–H groups in total. The van der Waals surface area contributed by atoms with Crippen molar-refractivity contribution in [2.45, 2.75) is 29.6 Å². The van der Waals surface area contributed by atoms with E-state index in [1.807, 2.05) is 0 Å². The quantitative estimate of drug-likeness (QED) is 0.768. The summed E-state index contributed by atoms with van der Waals surface area (Å²) in [5.74, 6) is -3.74. The molecule has 27 heavy (non-hydrogen) atoms. The highest BCUT2D eigenvalue weighted by Crippen LogP contribution is 2.25. The lowest BCUT2D eigenvalue weighted by Crippen LogP contribution is -2.42. The summed E-state index contributed by atoms with van der Waals surface area (Å²) in [6.07, 6.45) is 3.80. The lowest BCUT2D eigenvalue weighted by atomic mass is 10.1. The van der Waals surface area contributed by atoms with Gasteiger partial charge in [0, 0.05) is 38.2 Å². The molecule has 144 valence electrons. The van der Waals surface area contributed by atoms with Crippen LogP contribution in [0.2, 0.25) is 0 Å². The van der Waals surface area contributed by atoms with Gasteiger partial charge in [0.2, 0.25) is 15.7 Å². The van der Waals surface area contributed by atoms with Crippen molar-refractivity contribution in [2.24, 2.45) is 0 Å². The van der Waals surface area contributed by atoms with E-state index in [0.29, 0.717) is 31.8 Å². The molecule has 2 aromatic rings. The van der Waals surface area contributed by atoms with Crippen molar-refractivity contribution in [3.05, 3.63) is 48.4 Å². The summed E-state index contributed by atoms with van der Waals surface area (Å²) in [7, 11) is -4.86. The minimum Gasteiger partial charge on any atom is -0.474 e. The molecule has 2 heterocycles. The van der Waals surface area contributed by atoms with Crippen LogP contribution in [-0.2, 0) is 9.84 Å². The first-order valence-electron chi connectivity index (χ1n) is 8.22. The van der Waals surface area contributed by atoms with Crippen LogP contribution in [0.5, 0.6) is 5.88 Å². The van der Waals surface area contributed by atoms with Crippen molar-refractivity contribution >= 4 is 15.7 Å². The molecule has 1 saturated heterocycles. The summed E-state index contributed by atoms with van der Waals surface area (Å²) in [6, 6.07) is 6.67. The van der Waals surface area contributed by atoms with E-state index in [1.165, 1.54) is 29.4 Å². The number of carbonyl (C=O) groups excluding carboxylic acids is 1. The fourth-order valence-corrected chi connectivity index (χ4v) is 3.78. The first-order valence-corrected chi connectivity index (χ1v) is 9.77. The normalized spacial score (nSPS) is 15.7. The fourth-order valence-electron chi connectivity index (χ4n) is 2.85. The standard InChI is InChI=1S/C17H17F2N3O4S/c18-17(19)27(24,25)14-4-2-1-3-13(14)16(23)22-9-6-12(7-10-22)26-15-5-8-20-11-21-15/h1-5,8,11-12,17H,6-7,9-10H2. The van der Waals surface area contributed by atoms with E-state index >= 15 is 0 Å². The number of sulfone groups is 1. The van der Waals surface area contributed by atoms with Crippen molar-refractivity contribution in [3.63, 3.8) is 0 Å². The molecule has 3 rings (SSSR count). The van der Waals surface area contributed by atoms with E-state index < -0.39 is 26.4 Å². The molecule has 0 saturated carbocycles. The average molecular weight is 397 g/mol. The Morgan fingerprint density at radius 2 is 1.89 bits per heavy atom. The summed E-state index contributed by atoms with van der Waals surface area (Å²) in [5.41, 5.74) is -0.243. The zero-order valence-electron chi connectivity index (χ0n) is 14.2. The number of alkyl halides is 2. The highest BCUT2D eigenvalue weighted by molar-refractivity contribution is 7.91. The third kappa shape index (κ3) is 4.21. The number of hydrogen-bond acceptors (Lipinski definition) is 6. The minimum absolute atomic E-state index is 0.149. The smallest absolute Gasteiger partial charge is 0.341 e. The summed E-state index contributed by atoms with van der Waals surface area (Å²) < 4.78 is 55.2. The second kappa shape index (κ2) is 7.95. The molecule has 1 aliphatic heterocycles. The lowest BCUT2D eigenvalue weighted by molar-refractivity contribution is 0.0584. The van der Waals surface area contributed by atoms with Crippen LogP contribution in [0.15, 0.2) is 47.8 Å². The van der Waals surface area contributed by atoms with Gasteiger partial charge in [0.1, 0.15) is 12.4 Å². The van der Waals surface area contributed by atoms with Gasteiger partial charge in [-0.05, 0) is 12.1 Å². The molecule has 0 atom stereocenters. The number of benzene rings is 1. The number of piperidine rings is 1. The van der Waals surface area contributed by atoms with Gasteiger partial charge >= 0.3 is 5.76 Å². The van der Waals surface area contributed by atoms with Gasteiger partial charge in [0.05, 0.1) is 10.5 Å². The van der Waals surface area contributed by atoms with Crippen molar-refractivity contribution in [2.75, 3.05) is 13.1 Å². The maximum absolute atomic E-state index is 12.9. The van der Waals surface area contributed by atoms with Gasteiger partial charge in [0.25, 0.3) is 5.91 Å². The van der Waals surface area contributed by atoms with E-state index in [0.717, 1.165) is 6.07 Å². The minimum atomic E-state index is -4.86. The SMILES string of the molecule is O=C(c1ccccc1S(=O)(=O)C(F)F)N1CCC(Oc2ccncn2)CC1. The molecule has 7 nitrogen and oxygen atoms in total. The van der Waals surface area contributed by atoms with E-state index in [1.54, 1.807) is 12.3 Å². The number of rotatable bonds is 5. The van der Waals surface area contributed by atoms with Crippen molar-refractivity contribution < 1.29 is 26.7 Å². The van der Waals surface area contributed by atoms with Crippen LogP contribution >= 0.6 is 0 Å². The molecule has 0 radical (unpaired) electrons. The Kier molecular flexibility index (Phi) is 5.64. The zero-order chi connectivity index (χ0) is 19.4. The Labute approximate surface area is 154 Å². The molecule has 0 aliphatic carbocycles. The molecule has 10 heteroatoms. The van der Waals surface area contributed by atoms with Crippen LogP contribution in [0, 0.1) is 0 Å². The second-order valence-electron chi connectivity index (χ2n) is 5.96. The Hall–Kier alpha value is -2.62. The fraction of sp³-hybridized carbons (Fsp3) is 0.353. The van der Waals surface area contributed by atoms with Crippen molar-refractivity contribution in [1.82, 2.24) is 14.9 Å². The number of likely N-dealkylation sites (tertiary alicyclic amines) is 1. The maximum Gasteiger partial charge on any atom is 0.341 e. The second-order valence-corrected chi connectivity index (χ2v) is 7.85. The molecule has 1 aromatic heterocycles. The van der Waals surface area contributed by atoms with Crippen LogP contribution in [-0.4, -0.2) is 54.1 Å². The maximum atomic E-state index is 12.9. The molecule has 1 fully saturated rings. The van der Waals surface area contributed by atoms with Crippen LogP contribution in [0.4, 0.5) is 8.78 Å². The number of ether oxygens (including phenoxy) is 1. The number of amides is 1. The van der Waals surface area contributed by atoms with Crippen molar-refractivity contribution in [3.8, 4) is 5.88 Å². The molecule has 1 aromatic carbocycles. The Bertz CT molecular complexity index is 901. The average Bonchev–Trinajstić information content (AvgIpc) is 2.69. The number of nitrogens with zero attached hydrogens (tertiary/aromatic N) is 3. The van der Waals surface area contributed by atoms with Gasteiger partial charge in [-0.2, -0.15) is 8.78 Å². The highest BCUT2D eigenvalue weighted by atomic mass is 32.2. The zero-order valence-corrected chi connectivity index (χ0v) is 15.0. The summed E-state index contributed by atoms with van der Waals surface area (Å²) in [4.78, 5) is 21.3. The first-order chi connectivity index (χ1) is 12.9. The monoisotopic (exact) mass is 397 g/mol. The lowest BCUT2D eigenvalue weighted by Gasteiger charge is -2.32. The molecular weight excluding hydrogens is 380 g/mol. The molecular formula is C17H17F2N3O4S. The van der Waals surface area contributed by atoms with Gasteiger partial charge < -0.3 is 9.64 Å². The van der Waals surface area contributed by atoms with E-state index in [2.05, 4.69) is 9.97 Å². The highest BCUT2D eigenvalue weighted by Gasteiger charge is 2.33. The Morgan fingerprint density at radius 3 is 2.52 bits per heavy atom. The third-order valence-corrected chi connectivity index (χ3v) is 5.67. The van der Waals surface area contributed by atoms with Crippen molar-refractivity contribution in [1.29, 1.82) is 0 Å². The van der Waals surface area contributed by atoms with Crippen LogP contribution in [0.3, 0.4) is 0 Å². The van der Waals surface area contributed by atoms with Crippen LogP contribution in [0.25, 0.3) is 0 Å². The van der Waals surface area contributed by atoms with E-state index in [9.17, 15) is 22.0 Å². The third-order valence-electron chi connectivity index (χ3n) is 4.23. The number of halogens is 2. The predicted molar refractivity (Wildman–Crippen MR) is 91.2 cm³/mol. The molecule has 0 bridgehead atoms. The van der Waals surface area contributed by atoms with Gasteiger partial charge in [-0.1, -0.05) is 12.1 Å². The van der Waals surface area contributed by atoms with Gasteiger partial charge in [-0.25, -0.2) is 18.4 Å². The Morgan fingerprint density at radius 1 is 1.19 bits per heavy atom. The van der Waals surface area contributed by atoms with Gasteiger partial charge in [0.15, 0.2) is 0 Å². The first kappa shape index (κ1) is 19.2. The summed E-state index contributed by atoms with van der Waals surface area (Å²) in [6.45, 7) is 0.634. The van der Waals surface area contributed by atoms with Crippen LogP contribution in [0.1, 0.15) is 23.2 Å². The number of hydrogen-bond donors (Lipinski definition) is 0. The predicted octanol–water partition coefficient (Wildman–Crippen LogP) is 2.16. The topological polar surface area (TPSA) is 89.5 Å².